The Kier molecular flexibility index (Phi) is 2.70. The van der Waals surface area contributed by atoms with Gasteiger partial charge in [-0.15, -0.1) is 0 Å². The van der Waals surface area contributed by atoms with E-state index >= 15 is 0 Å². The molecule has 2 rings (SSSR count). The molecule has 2 aliphatic rings. The van der Waals surface area contributed by atoms with Gasteiger partial charge in [-0.25, -0.2) is 4.74 Å². The maximum absolute atomic E-state index is 11.5. The minimum absolute atomic E-state index is 0.142. The van der Waals surface area contributed by atoms with Crippen LogP contribution in [0.5, 0.6) is 0 Å². The van der Waals surface area contributed by atoms with E-state index < -0.39 is 18.2 Å². The van der Waals surface area contributed by atoms with Crippen molar-refractivity contribution in [3.05, 3.63) is 5.21 Å². The summed E-state index contributed by atoms with van der Waals surface area (Å²) in [5.74, 6) is -0.974. The average Bonchev–Trinajstić information content (AvgIpc) is 2.77. The molecule has 0 radical (unpaired) electrons. The number of rotatable bonds is 1. The number of hydroxylamine groups is 3. The van der Waals surface area contributed by atoms with Gasteiger partial charge in [0.15, 0.2) is 0 Å². The van der Waals surface area contributed by atoms with Gasteiger partial charge >= 0.3 is 5.91 Å². The number of nitrogens with zero attached hydrogens (tertiary/aromatic N) is 3. The molecule has 5 N–H and O–H groups in total. The van der Waals surface area contributed by atoms with Crippen molar-refractivity contribution in [2.75, 3.05) is 13.1 Å². The number of amides is 1. The van der Waals surface area contributed by atoms with Gasteiger partial charge in [0.05, 0.1) is 0 Å². The van der Waals surface area contributed by atoms with Crippen molar-refractivity contribution < 1.29 is 14.7 Å². The summed E-state index contributed by atoms with van der Waals surface area (Å²) in [7, 11) is 0. The molecule has 0 spiro atoms. The van der Waals surface area contributed by atoms with Gasteiger partial charge in [0, 0.05) is 13.1 Å². The zero-order valence-electron chi connectivity index (χ0n) is 8.74. The molecule has 2 unspecified atom stereocenters. The molecule has 8 nitrogen and oxygen atoms in total. The third kappa shape index (κ3) is 1.51. The molecule has 90 valence electrons. The summed E-state index contributed by atoms with van der Waals surface area (Å²) in [4.78, 5) is 13.2. The van der Waals surface area contributed by atoms with E-state index in [-0.39, 0.29) is 10.6 Å². The second-order valence-corrected chi connectivity index (χ2v) is 4.00. The van der Waals surface area contributed by atoms with Gasteiger partial charge in [0.2, 0.25) is 12.3 Å². The van der Waals surface area contributed by atoms with E-state index in [1.165, 1.54) is 0 Å². The summed E-state index contributed by atoms with van der Waals surface area (Å²) in [6.45, 7) is 1.39. The van der Waals surface area contributed by atoms with Gasteiger partial charge in [-0.3, -0.25) is 26.4 Å². The van der Waals surface area contributed by atoms with Crippen LogP contribution in [0.15, 0.2) is 0 Å². The summed E-state index contributed by atoms with van der Waals surface area (Å²) >= 11 is 0. The van der Waals surface area contributed by atoms with E-state index in [9.17, 15) is 15.2 Å². The largest absolute Gasteiger partial charge is 0.714 e. The lowest BCUT2D eigenvalue weighted by Crippen LogP contribution is -2.67. The van der Waals surface area contributed by atoms with E-state index in [1.54, 1.807) is 4.90 Å². The van der Waals surface area contributed by atoms with Crippen molar-refractivity contribution >= 4 is 11.7 Å². The molecule has 2 atom stereocenters. The first-order valence-corrected chi connectivity index (χ1v) is 5.14. The van der Waals surface area contributed by atoms with Crippen LogP contribution in [-0.2, 0) is 4.79 Å². The van der Waals surface area contributed by atoms with Crippen molar-refractivity contribution in [3.63, 3.8) is 0 Å². The van der Waals surface area contributed by atoms with Crippen LogP contribution in [0, 0.1) is 5.21 Å². The minimum atomic E-state index is -1.45. The Morgan fingerprint density at radius 3 is 2.56 bits per heavy atom. The third-order valence-corrected chi connectivity index (χ3v) is 2.97. The predicted octanol–water partition coefficient (Wildman–Crippen LogP) is -2.21. The Balaban J connectivity index is 2.32. The van der Waals surface area contributed by atoms with Gasteiger partial charge in [-0.2, -0.15) is 5.06 Å². The molecule has 0 saturated carbocycles. The van der Waals surface area contributed by atoms with Crippen LogP contribution in [-0.4, -0.2) is 57.1 Å². The van der Waals surface area contributed by atoms with Gasteiger partial charge in [-0.05, 0) is 12.8 Å². The number of carbonyl (C=O) groups is 1. The number of nitrogens with two attached hydrogens (primary N) is 2. The molecule has 2 aliphatic heterocycles. The van der Waals surface area contributed by atoms with Crippen LogP contribution >= 0.6 is 0 Å². The lowest BCUT2D eigenvalue weighted by molar-refractivity contribution is -0.501. The van der Waals surface area contributed by atoms with Crippen LogP contribution in [0.25, 0.3) is 0 Å². The average molecular weight is 229 g/mol. The summed E-state index contributed by atoms with van der Waals surface area (Å²) < 4.78 is 0.262. The SMILES string of the molecule is NC1=[N+]([O-])C(N)C(=O)N(O)C1N1CCCC1. The molecule has 1 amide bonds. The zero-order chi connectivity index (χ0) is 11.9. The summed E-state index contributed by atoms with van der Waals surface area (Å²) in [5, 5.41) is 21.6. The Morgan fingerprint density at radius 2 is 2.00 bits per heavy atom. The summed E-state index contributed by atoms with van der Waals surface area (Å²) in [5.41, 5.74) is 10.9. The fourth-order valence-electron chi connectivity index (χ4n) is 2.08. The highest BCUT2D eigenvalue weighted by Crippen LogP contribution is 2.17. The topological polar surface area (TPSA) is 122 Å². The quantitative estimate of drug-likeness (QED) is 0.266. The first-order chi connectivity index (χ1) is 7.54. The first kappa shape index (κ1) is 11.1. The maximum Gasteiger partial charge on any atom is 0.309 e. The van der Waals surface area contributed by atoms with Gasteiger partial charge in [0.25, 0.3) is 5.84 Å². The Morgan fingerprint density at radius 1 is 1.44 bits per heavy atom. The van der Waals surface area contributed by atoms with Crippen molar-refractivity contribution in [3.8, 4) is 0 Å². The van der Waals surface area contributed by atoms with Crippen LogP contribution in [0.4, 0.5) is 0 Å². The maximum atomic E-state index is 11.5. The smallest absolute Gasteiger partial charge is 0.309 e. The van der Waals surface area contributed by atoms with Crippen molar-refractivity contribution in [1.29, 1.82) is 0 Å². The van der Waals surface area contributed by atoms with E-state index in [1.807, 2.05) is 0 Å². The Labute approximate surface area is 92.2 Å². The highest BCUT2D eigenvalue weighted by Gasteiger charge is 2.44. The van der Waals surface area contributed by atoms with Crippen molar-refractivity contribution in [2.45, 2.75) is 25.2 Å². The molecule has 1 fully saturated rings. The minimum Gasteiger partial charge on any atom is -0.714 e. The van der Waals surface area contributed by atoms with Crippen molar-refractivity contribution in [1.82, 2.24) is 9.96 Å². The number of carbonyl (C=O) groups excluding carboxylic acids is 1. The molecule has 0 aromatic heterocycles. The lowest BCUT2D eigenvalue weighted by atomic mass is 10.3. The van der Waals surface area contributed by atoms with E-state index in [2.05, 4.69) is 0 Å². The Bertz CT molecular complexity index is 339. The molecule has 16 heavy (non-hydrogen) atoms. The normalized spacial score (nSPS) is 32.6. The number of amidine groups is 1. The molecule has 0 bridgehead atoms. The molecule has 0 aromatic rings. The molecule has 0 aliphatic carbocycles. The first-order valence-electron chi connectivity index (χ1n) is 5.14. The number of hydrogen-bond donors (Lipinski definition) is 3. The second kappa shape index (κ2) is 3.89. The zero-order valence-corrected chi connectivity index (χ0v) is 8.74. The number of hydrogen-bond acceptors (Lipinski definition) is 6. The highest BCUT2D eigenvalue weighted by atomic mass is 16.5. The van der Waals surface area contributed by atoms with Crippen LogP contribution in [0.3, 0.4) is 0 Å². The molecule has 1 saturated heterocycles. The van der Waals surface area contributed by atoms with E-state index in [0.717, 1.165) is 12.8 Å². The summed E-state index contributed by atoms with van der Waals surface area (Å²) in [6, 6.07) is 0. The standard InChI is InChI=1S/C8H15N5O3/c9-5-7(11-3-1-2-4-11)13(16)8(14)6(10)12(5)15/h6-7,16H,1-4,9-10H2. The third-order valence-electron chi connectivity index (χ3n) is 2.97. The molecular formula is C8H15N5O3. The molecular weight excluding hydrogens is 214 g/mol. The van der Waals surface area contributed by atoms with E-state index in [4.69, 9.17) is 11.5 Å². The number of likely N-dealkylation sites (tertiary alicyclic amines) is 1. The van der Waals surface area contributed by atoms with Gasteiger partial charge in [0.1, 0.15) is 0 Å². The van der Waals surface area contributed by atoms with Crippen LogP contribution in [0.1, 0.15) is 12.8 Å². The predicted molar refractivity (Wildman–Crippen MR) is 54.0 cm³/mol. The fraction of sp³-hybridized carbons (Fsp3) is 0.750. The molecule has 2 heterocycles. The van der Waals surface area contributed by atoms with Crippen molar-refractivity contribution in [2.24, 2.45) is 11.5 Å². The summed E-state index contributed by atoms with van der Waals surface area (Å²) in [6.07, 6.45) is -0.427. The van der Waals surface area contributed by atoms with Crippen LogP contribution < -0.4 is 11.5 Å². The molecule has 8 heteroatoms. The van der Waals surface area contributed by atoms with Gasteiger partial charge in [-0.1, -0.05) is 0 Å². The van der Waals surface area contributed by atoms with E-state index in [0.29, 0.717) is 18.2 Å². The highest BCUT2D eigenvalue weighted by molar-refractivity contribution is 5.91. The Hall–Kier alpha value is -1.38. The van der Waals surface area contributed by atoms with Gasteiger partial charge < -0.3 is 5.21 Å². The fourth-order valence-corrected chi connectivity index (χ4v) is 2.08. The van der Waals surface area contributed by atoms with Crippen LogP contribution in [0.2, 0.25) is 0 Å². The lowest BCUT2D eigenvalue weighted by Gasteiger charge is -2.37. The monoisotopic (exact) mass is 229 g/mol. The second-order valence-electron chi connectivity index (χ2n) is 4.00. The molecule has 0 aromatic carbocycles.